The van der Waals surface area contributed by atoms with Crippen molar-refractivity contribution in [3.8, 4) is 0 Å². The van der Waals surface area contributed by atoms with Crippen molar-refractivity contribution in [3.05, 3.63) is 23.5 Å². The van der Waals surface area contributed by atoms with Gasteiger partial charge in [0.1, 0.15) is 5.15 Å². The molecule has 0 saturated carbocycles. The van der Waals surface area contributed by atoms with Crippen LogP contribution >= 0.6 is 11.6 Å². The first kappa shape index (κ1) is 15.5. The van der Waals surface area contributed by atoms with E-state index >= 15 is 0 Å². The fraction of sp³-hybridized carbons (Fsp3) is 0.667. The first-order chi connectivity index (χ1) is 9.54. The number of hydrogen-bond donors (Lipinski definition) is 1. The molecule has 112 valence electrons. The van der Waals surface area contributed by atoms with Crippen molar-refractivity contribution in [2.75, 3.05) is 38.1 Å². The van der Waals surface area contributed by atoms with Crippen molar-refractivity contribution in [1.82, 2.24) is 9.88 Å². The lowest BCUT2D eigenvalue weighted by atomic mass is 9.96. The van der Waals surface area contributed by atoms with Gasteiger partial charge < -0.3 is 14.9 Å². The monoisotopic (exact) mass is 297 g/mol. The van der Waals surface area contributed by atoms with Crippen LogP contribution in [0, 0.1) is 5.92 Å². The first-order valence-corrected chi connectivity index (χ1v) is 7.65. The van der Waals surface area contributed by atoms with E-state index in [2.05, 4.69) is 21.8 Å². The molecule has 1 aliphatic rings. The summed E-state index contributed by atoms with van der Waals surface area (Å²) in [6.07, 6.45) is 3.90. The lowest BCUT2D eigenvalue weighted by Gasteiger charge is -2.34. The van der Waals surface area contributed by atoms with Crippen molar-refractivity contribution in [2.45, 2.75) is 25.9 Å². The van der Waals surface area contributed by atoms with Crippen LogP contribution < -0.4 is 4.90 Å². The number of aliphatic hydroxyl groups is 1. The van der Waals surface area contributed by atoms with E-state index in [1.165, 1.54) is 12.8 Å². The van der Waals surface area contributed by atoms with E-state index in [0.717, 1.165) is 31.9 Å². The molecule has 1 aliphatic heterocycles. The highest BCUT2D eigenvalue weighted by Crippen LogP contribution is 2.22. The molecule has 0 spiro atoms. The molecule has 0 radical (unpaired) electrons. The van der Waals surface area contributed by atoms with Crippen LogP contribution in [0.3, 0.4) is 0 Å². The number of β-amino-alcohol motifs (C(OH)–C–C–N with tert-alkyl or cyclic N) is 1. The zero-order valence-electron chi connectivity index (χ0n) is 12.3. The van der Waals surface area contributed by atoms with Gasteiger partial charge in [0, 0.05) is 32.0 Å². The Hall–Kier alpha value is -0.840. The molecule has 5 heteroatoms. The van der Waals surface area contributed by atoms with Gasteiger partial charge in [0.25, 0.3) is 0 Å². The number of halogens is 1. The number of pyridine rings is 1. The Labute approximate surface area is 126 Å². The normalized spacial score (nSPS) is 19.0. The van der Waals surface area contributed by atoms with Crippen LogP contribution in [0.1, 0.15) is 19.8 Å². The summed E-state index contributed by atoms with van der Waals surface area (Å²) < 4.78 is 0. The Morgan fingerprint density at radius 3 is 2.80 bits per heavy atom. The van der Waals surface area contributed by atoms with Gasteiger partial charge in [-0.05, 0) is 50.9 Å². The van der Waals surface area contributed by atoms with E-state index in [0.29, 0.717) is 11.1 Å². The zero-order valence-corrected chi connectivity index (χ0v) is 13.1. The molecule has 1 saturated heterocycles. The quantitative estimate of drug-likeness (QED) is 0.846. The van der Waals surface area contributed by atoms with E-state index in [4.69, 9.17) is 11.6 Å². The molecule has 4 nitrogen and oxygen atoms in total. The van der Waals surface area contributed by atoms with Gasteiger partial charge in [0.05, 0.1) is 6.10 Å². The Morgan fingerprint density at radius 2 is 2.20 bits per heavy atom. The average Bonchev–Trinajstić information content (AvgIpc) is 2.40. The summed E-state index contributed by atoms with van der Waals surface area (Å²) in [4.78, 5) is 8.62. The summed E-state index contributed by atoms with van der Waals surface area (Å²) in [5.41, 5.74) is 1.12. The lowest BCUT2D eigenvalue weighted by molar-refractivity contribution is 0.101. The molecule has 1 unspecified atom stereocenters. The molecule has 2 heterocycles. The number of aromatic nitrogens is 1. The van der Waals surface area contributed by atoms with E-state index < -0.39 is 0 Å². The zero-order chi connectivity index (χ0) is 14.5. The second-order valence-corrected chi connectivity index (χ2v) is 6.20. The Kier molecular flexibility index (Phi) is 5.64. The summed E-state index contributed by atoms with van der Waals surface area (Å²) in [6, 6.07) is 3.90. The number of hydrogen-bond acceptors (Lipinski definition) is 4. The number of nitrogens with zero attached hydrogens (tertiary/aromatic N) is 3. The van der Waals surface area contributed by atoms with E-state index in [-0.39, 0.29) is 6.10 Å². The third-order valence-electron chi connectivity index (χ3n) is 3.91. The molecule has 1 aromatic heterocycles. The minimum atomic E-state index is -0.229. The van der Waals surface area contributed by atoms with Crippen LogP contribution in [0.2, 0.25) is 5.15 Å². The predicted molar refractivity (Wildman–Crippen MR) is 83.4 cm³/mol. The summed E-state index contributed by atoms with van der Waals surface area (Å²) in [5.74, 6) is 0.706. The molecule has 0 bridgehead atoms. The highest BCUT2D eigenvalue weighted by Gasteiger charge is 2.21. The maximum Gasteiger partial charge on any atom is 0.131 e. The number of anilines is 1. The first-order valence-electron chi connectivity index (χ1n) is 7.27. The fourth-order valence-electron chi connectivity index (χ4n) is 2.85. The highest BCUT2D eigenvalue weighted by atomic mass is 35.5. The molecule has 1 atom stereocenters. The van der Waals surface area contributed by atoms with E-state index in [1.54, 1.807) is 6.20 Å². The van der Waals surface area contributed by atoms with Crippen LogP contribution in [0.4, 0.5) is 5.69 Å². The SMILES string of the molecule is CC(O)CN1CCC(CN(C)c2ccnc(Cl)c2)CC1. The van der Waals surface area contributed by atoms with Gasteiger partial charge in [0.15, 0.2) is 0 Å². The molecule has 0 aliphatic carbocycles. The molecule has 0 aromatic carbocycles. The summed E-state index contributed by atoms with van der Waals surface area (Å²) in [5, 5.41) is 9.96. The lowest BCUT2D eigenvalue weighted by Crippen LogP contribution is -2.40. The number of likely N-dealkylation sites (tertiary alicyclic amines) is 1. The van der Waals surface area contributed by atoms with Gasteiger partial charge in [-0.15, -0.1) is 0 Å². The Morgan fingerprint density at radius 1 is 1.50 bits per heavy atom. The molecule has 20 heavy (non-hydrogen) atoms. The second kappa shape index (κ2) is 7.25. The summed E-state index contributed by atoms with van der Waals surface area (Å²) in [7, 11) is 2.10. The molecule has 1 fully saturated rings. The Balaban J connectivity index is 1.80. The van der Waals surface area contributed by atoms with Gasteiger partial charge in [-0.1, -0.05) is 11.6 Å². The molecule has 2 rings (SSSR count). The maximum absolute atomic E-state index is 9.42. The summed E-state index contributed by atoms with van der Waals surface area (Å²) in [6.45, 7) is 5.86. The maximum atomic E-state index is 9.42. The summed E-state index contributed by atoms with van der Waals surface area (Å²) >= 11 is 5.93. The third-order valence-corrected chi connectivity index (χ3v) is 4.12. The topological polar surface area (TPSA) is 39.6 Å². The number of aliphatic hydroxyl groups excluding tert-OH is 1. The molecule has 1 aromatic rings. The van der Waals surface area contributed by atoms with Gasteiger partial charge >= 0.3 is 0 Å². The van der Waals surface area contributed by atoms with Gasteiger partial charge in [0.2, 0.25) is 0 Å². The minimum absolute atomic E-state index is 0.229. The third kappa shape index (κ3) is 4.62. The molecular weight excluding hydrogens is 274 g/mol. The van der Waals surface area contributed by atoms with E-state index in [9.17, 15) is 5.11 Å². The van der Waals surface area contributed by atoms with Crippen molar-refractivity contribution in [2.24, 2.45) is 5.92 Å². The predicted octanol–water partition coefficient (Wildman–Crippen LogP) is 2.26. The number of rotatable bonds is 5. The second-order valence-electron chi connectivity index (χ2n) is 5.81. The largest absolute Gasteiger partial charge is 0.392 e. The minimum Gasteiger partial charge on any atom is -0.392 e. The molecule has 1 N–H and O–H groups in total. The van der Waals surface area contributed by atoms with Crippen molar-refractivity contribution >= 4 is 17.3 Å². The van der Waals surface area contributed by atoms with Crippen LogP contribution in [0.15, 0.2) is 18.3 Å². The standard InChI is InChI=1S/C15H24ClN3O/c1-12(20)10-19-7-4-13(5-8-19)11-18(2)14-3-6-17-15(16)9-14/h3,6,9,12-13,20H,4-5,7-8,10-11H2,1-2H3. The van der Waals surface area contributed by atoms with Gasteiger partial charge in [-0.3, -0.25) is 0 Å². The van der Waals surface area contributed by atoms with E-state index in [1.807, 2.05) is 19.1 Å². The number of piperidine rings is 1. The van der Waals surface area contributed by atoms with Gasteiger partial charge in [-0.2, -0.15) is 0 Å². The molecule has 0 amide bonds. The van der Waals surface area contributed by atoms with Crippen LogP contribution in [0.25, 0.3) is 0 Å². The Bertz CT molecular complexity index is 419. The van der Waals surface area contributed by atoms with Crippen molar-refractivity contribution in [3.63, 3.8) is 0 Å². The van der Waals surface area contributed by atoms with Gasteiger partial charge in [-0.25, -0.2) is 4.98 Å². The molecular formula is C15H24ClN3O. The van der Waals surface area contributed by atoms with Crippen LogP contribution in [0.5, 0.6) is 0 Å². The smallest absolute Gasteiger partial charge is 0.131 e. The fourth-order valence-corrected chi connectivity index (χ4v) is 3.02. The van der Waals surface area contributed by atoms with Crippen molar-refractivity contribution < 1.29 is 5.11 Å². The average molecular weight is 298 g/mol. The highest BCUT2D eigenvalue weighted by molar-refractivity contribution is 6.29. The van der Waals surface area contributed by atoms with Crippen LogP contribution in [-0.4, -0.2) is 54.3 Å². The van der Waals surface area contributed by atoms with Crippen LogP contribution in [-0.2, 0) is 0 Å². The van der Waals surface area contributed by atoms with Crippen molar-refractivity contribution in [1.29, 1.82) is 0 Å².